The number of hydrogen-bond donors (Lipinski definition) is 0. The van der Waals surface area contributed by atoms with E-state index >= 15 is 0 Å². The van der Waals surface area contributed by atoms with Gasteiger partial charge in [0.25, 0.3) is 0 Å². The number of pyridine rings is 1. The van der Waals surface area contributed by atoms with Crippen LogP contribution in [-0.4, -0.2) is 14.5 Å². The fourth-order valence-corrected chi connectivity index (χ4v) is 1.57. The van der Waals surface area contributed by atoms with Crippen LogP contribution in [0.5, 0.6) is 0 Å². The minimum absolute atomic E-state index is 0.0133. The van der Waals surface area contributed by atoms with Gasteiger partial charge in [0.2, 0.25) is 5.82 Å². The molecule has 76 valence electrons. The lowest BCUT2D eigenvalue weighted by atomic mass is 10.4. The van der Waals surface area contributed by atoms with Gasteiger partial charge in [-0.15, -0.1) is 0 Å². The average molecular weight is 268 g/mol. The Morgan fingerprint density at radius 1 is 1.47 bits per heavy atom. The first-order valence-electron chi connectivity index (χ1n) is 4.12. The van der Waals surface area contributed by atoms with E-state index in [0.717, 1.165) is 4.47 Å². The summed E-state index contributed by atoms with van der Waals surface area (Å²) in [5, 5.41) is 10.7. The molecule has 0 atom stereocenters. The Balaban J connectivity index is 2.57. The molecule has 0 spiro atoms. The molecule has 0 aliphatic heterocycles. The molecule has 2 heterocycles. The summed E-state index contributed by atoms with van der Waals surface area (Å²) < 4.78 is 2.45. The van der Waals surface area contributed by atoms with E-state index in [9.17, 15) is 10.1 Å². The summed E-state index contributed by atoms with van der Waals surface area (Å²) >= 11 is 3.27. The predicted molar refractivity (Wildman–Crippen MR) is 57.9 cm³/mol. The molecule has 0 saturated heterocycles. The summed E-state index contributed by atoms with van der Waals surface area (Å²) in [7, 11) is 0. The molecule has 15 heavy (non-hydrogen) atoms. The Labute approximate surface area is 93.6 Å². The Hall–Kier alpha value is -1.69. The molecule has 0 N–H and O–H groups in total. The van der Waals surface area contributed by atoms with Crippen molar-refractivity contribution >= 4 is 21.6 Å². The standard InChI is InChI=1S/C9H6BrN3O2/c10-7-3-5-12(6-7)9-8(13(14)15)2-1-4-11-9/h1-6H. The molecule has 0 fully saturated rings. The monoisotopic (exact) mass is 267 g/mol. The van der Waals surface area contributed by atoms with Gasteiger partial charge in [0.05, 0.1) is 4.92 Å². The Morgan fingerprint density at radius 2 is 2.27 bits per heavy atom. The minimum Gasteiger partial charge on any atom is -0.302 e. The molecule has 0 aliphatic carbocycles. The van der Waals surface area contributed by atoms with Crippen LogP contribution in [0, 0.1) is 10.1 Å². The lowest BCUT2D eigenvalue weighted by molar-refractivity contribution is -0.384. The zero-order valence-electron chi connectivity index (χ0n) is 7.50. The molecule has 0 aromatic carbocycles. The molecule has 0 radical (unpaired) electrons. The van der Waals surface area contributed by atoms with Crippen LogP contribution >= 0.6 is 15.9 Å². The molecule has 2 aromatic heterocycles. The second kappa shape index (κ2) is 3.82. The van der Waals surface area contributed by atoms with E-state index < -0.39 is 4.92 Å². The molecular formula is C9H6BrN3O2. The summed E-state index contributed by atoms with van der Waals surface area (Å²) in [4.78, 5) is 14.3. The summed E-state index contributed by atoms with van der Waals surface area (Å²) in [5.74, 6) is 0.313. The maximum Gasteiger partial charge on any atom is 0.312 e. The summed E-state index contributed by atoms with van der Waals surface area (Å²) in [6, 6.07) is 4.76. The van der Waals surface area contributed by atoms with Crippen LogP contribution in [0.2, 0.25) is 0 Å². The highest BCUT2D eigenvalue weighted by molar-refractivity contribution is 9.10. The van der Waals surface area contributed by atoms with E-state index in [1.54, 1.807) is 29.1 Å². The zero-order valence-corrected chi connectivity index (χ0v) is 9.09. The van der Waals surface area contributed by atoms with Crippen LogP contribution in [0.15, 0.2) is 41.3 Å². The van der Waals surface area contributed by atoms with Gasteiger partial charge < -0.3 is 4.57 Å². The van der Waals surface area contributed by atoms with Crippen molar-refractivity contribution in [3.8, 4) is 5.82 Å². The van der Waals surface area contributed by atoms with Gasteiger partial charge in [-0.1, -0.05) is 0 Å². The van der Waals surface area contributed by atoms with Crippen molar-refractivity contribution in [2.45, 2.75) is 0 Å². The van der Waals surface area contributed by atoms with Crippen molar-refractivity contribution in [2.75, 3.05) is 0 Å². The van der Waals surface area contributed by atoms with E-state index in [2.05, 4.69) is 20.9 Å². The third-order valence-corrected chi connectivity index (χ3v) is 2.33. The maximum absolute atomic E-state index is 10.7. The predicted octanol–water partition coefficient (Wildman–Crippen LogP) is 2.54. The number of hydrogen-bond acceptors (Lipinski definition) is 3. The van der Waals surface area contributed by atoms with Crippen molar-refractivity contribution in [3.63, 3.8) is 0 Å². The van der Waals surface area contributed by atoms with Gasteiger partial charge in [0.1, 0.15) is 0 Å². The first-order valence-corrected chi connectivity index (χ1v) is 4.91. The Morgan fingerprint density at radius 3 is 2.87 bits per heavy atom. The van der Waals surface area contributed by atoms with E-state index in [1.165, 1.54) is 12.3 Å². The molecular weight excluding hydrogens is 262 g/mol. The first-order chi connectivity index (χ1) is 7.18. The van der Waals surface area contributed by atoms with Crippen LogP contribution < -0.4 is 0 Å². The molecule has 2 aromatic rings. The number of aromatic nitrogens is 2. The quantitative estimate of drug-likeness (QED) is 0.621. The van der Waals surface area contributed by atoms with Crippen LogP contribution in [-0.2, 0) is 0 Å². The fraction of sp³-hybridized carbons (Fsp3) is 0. The van der Waals surface area contributed by atoms with E-state index in [1.807, 2.05) is 0 Å². The fourth-order valence-electron chi connectivity index (χ4n) is 1.23. The van der Waals surface area contributed by atoms with Gasteiger partial charge in [-0.3, -0.25) is 10.1 Å². The number of nitro groups is 1. The second-order valence-corrected chi connectivity index (χ2v) is 3.76. The van der Waals surface area contributed by atoms with Crippen LogP contribution in [0.1, 0.15) is 0 Å². The maximum atomic E-state index is 10.7. The molecule has 0 aliphatic rings. The van der Waals surface area contributed by atoms with Crippen LogP contribution in [0.25, 0.3) is 5.82 Å². The minimum atomic E-state index is -0.448. The smallest absolute Gasteiger partial charge is 0.302 e. The van der Waals surface area contributed by atoms with Crippen LogP contribution in [0.4, 0.5) is 5.69 Å². The highest BCUT2D eigenvalue weighted by Crippen LogP contribution is 2.21. The highest BCUT2D eigenvalue weighted by Gasteiger charge is 2.15. The van der Waals surface area contributed by atoms with E-state index in [0.29, 0.717) is 5.82 Å². The Bertz CT molecular complexity index is 510. The van der Waals surface area contributed by atoms with Crippen LogP contribution in [0.3, 0.4) is 0 Å². The number of rotatable bonds is 2. The van der Waals surface area contributed by atoms with Crippen molar-refractivity contribution in [1.29, 1.82) is 0 Å². The number of nitrogens with zero attached hydrogens (tertiary/aromatic N) is 3. The van der Waals surface area contributed by atoms with Gasteiger partial charge in [-0.05, 0) is 28.1 Å². The summed E-state index contributed by atoms with van der Waals surface area (Å²) in [6.07, 6.45) is 4.95. The van der Waals surface area contributed by atoms with Gasteiger partial charge in [0, 0.05) is 29.1 Å². The van der Waals surface area contributed by atoms with Crippen molar-refractivity contribution in [3.05, 3.63) is 51.4 Å². The highest BCUT2D eigenvalue weighted by atomic mass is 79.9. The van der Waals surface area contributed by atoms with Crippen molar-refractivity contribution in [2.24, 2.45) is 0 Å². The second-order valence-electron chi connectivity index (χ2n) is 2.84. The normalized spacial score (nSPS) is 10.2. The lowest BCUT2D eigenvalue weighted by Gasteiger charge is -2.01. The topological polar surface area (TPSA) is 61.0 Å². The third-order valence-electron chi connectivity index (χ3n) is 1.86. The molecule has 5 nitrogen and oxygen atoms in total. The SMILES string of the molecule is O=[N+]([O-])c1cccnc1-n1ccc(Br)c1. The van der Waals surface area contributed by atoms with Gasteiger partial charge >= 0.3 is 5.69 Å². The average Bonchev–Trinajstić information content (AvgIpc) is 2.65. The third kappa shape index (κ3) is 1.89. The number of halogens is 1. The first kappa shape index (κ1) is 9.85. The molecule has 6 heteroatoms. The lowest BCUT2D eigenvalue weighted by Crippen LogP contribution is -2.00. The van der Waals surface area contributed by atoms with Gasteiger partial charge in [-0.2, -0.15) is 0 Å². The van der Waals surface area contributed by atoms with Gasteiger partial charge in [0.15, 0.2) is 0 Å². The Kier molecular flexibility index (Phi) is 2.51. The largest absolute Gasteiger partial charge is 0.312 e. The van der Waals surface area contributed by atoms with E-state index in [-0.39, 0.29) is 5.69 Å². The summed E-state index contributed by atoms with van der Waals surface area (Å²) in [6.45, 7) is 0. The van der Waals surface area contributed by atoms with Crippen molar-refractivity contribution < 1.29 is 4.92 Å². The molecule has 0 saturated carbocycles. The van der Waals surface area contributed by atoms with Gasteiger partial charge in [-0.25, -0.2) is 4.98 Å². The molecule has 2 rings (SSSR count). The molecule has 0 unspecified atom stereocenters. The summed E-state index contributed by atoms with van der Waals surface area (Å²) in [5.41, 5.74) is -0.0133. The van der Waals surface area contributed by atoms with Crippen molar-refractivity contribution in [1.82, 2.24) is 9.55 Å². The van der Waals surface area contributed by atoms with E-state index in [4.69, 9.17) is 0 Å². The molecule has 0 amide bonds. The zero-order chi connectivity index (χ0) is 10.8. The molecule has 0 bridgehead atoms.